The Bertz CT molecular complexity index is 739. The largest absolute Gasteiger partial charge is 0.355 e. The van der Waals surface area contributed by atoms with Gasteiger partial charge in [0.25, 0.3) is 0 Å². The highest BCUT2D eigenvalue weighted by atomic mass is 127. The highest BCUT2D eigenvalue weighted by Gasteiger charge is 2.14. The van der Waals surface area contributed by atoms with E-state index in [0.29, 0.717) is 15.8 Å². The molecule has 0 saturated carbocycles. The molecular weight excluding hydrogens is 384 g/mol. The Balaban J connectivity index is 2.28. The first kappa shape index (κ1) is 12.3. The number of aromatic nitrogens is 1. The predicted molar refractivity (Wildman–Crippen MR) is 82.2 cm³/mol. The van der Waals surface area contributed by atoms with Crippen molar-refractivity contribution in [2.75, 3.05) is 0 Å². The molecule has 2 nitrogen and oxygen atoms in total. The molecule has 0 saturated heterocycles. The second-order valence-corrected chi connectivity index (χ2v) is 5.89. The van der Waals surface area contributed by atoms with Gasteiger partial charge in [-0.3, -0.25) is 0 Å². The highest BCUT2D eigenvalue weighted by Crippen LogP contribution is 2.35. The summed E-state index contributed by atoms with van der Waals surface area (Å²) < 4.78 is 6.52. The minimum Gasteiger partial charge on any atom is -0.355 e. The van der Waals surface area contributed by atoms with Gasteiger partial charge in [0.15, 0.2) is 5.76 Å². The number of benzene rings is 2. The maximum atomic E-state index is 6.19. The summed E-state index contributed by atoms with van der Waals surface area (Å²) in [4.78, 5) is 0. The Kier molecular flexibility index (Phi) is 3.21. The molecule has 0 aliphatic rings. The van der Waals surface area contributed by atoms with Crippen molar-refractivity contribution in [2.24, 2.45) is 0 Å². The van der Waals surface area contributed by atoms with Crippen LogP contribution in [0, 0.1) is 3.57 Å². The number of hydrogen-bond acceptors (Lipinski definition) is 2. The standard InChI is InChI=1S/C13H6Cl2INO/c14-7-1-3-9(11(15)5-7)13-10-6-8(16)2-4-12(10)17-18-13/h1-6H. The van der Waals surface area contributed by atoms with Crippen LogP contribution in [0.4, 0.5) is 0 Å². The fourth-order valence-corrected chi connectivity index (χ4v) is 2.77. The van der Waals surface area contributed by atoms with Gasteiger partial charge in [-0.15, -0.1) is 0 Å². The van der Waals surface area contributed by atoms with E-state index in [0.717, 1.165) is 20.0 Å². The van der Waals surface area contributed by atoms with Crippen molar-refractivity contribution in [2.45, 2.75) is 0 Å². The van der Waals surface area contributed by atoms with E-state index in [2.05, 4.69) is 27.7 Å². The van der Waals surface area contributed by atoms with Crippen LogP contribution < -0.4 is 0 Å². The molecule has 3 rings (SSSR count). The predicted octanol–water partition coefficient (Wildman–Crippen LogP) is 5.41. The number of rotatable bonds is 1. The van der Waals surface area contributed by atoms with Crippen LogP contribution in [-0.2, 0) is 0 Å². The summed E-state index contributed by atoms with van der Waals surface area (Å²) in [6.07, 6.45) is 0. The molecule has 1 heterocycles. The summed E-state index contributed by atoms with van der Waals surface area (Å²) in [5.74, 6) is 0.671. The van der Waals surface area contributed by atoms with E-state index in [9.17, 15) is 0 Å². The van der Waals surface area contributed by atoms with Gasteiger partial charge >= 0.3 is 0 Å². The maximum Gasteiger partial charge on any atom is 0.176 e. The molecule has 0 bridgehead atoms. The van der Waals surface area contributed by atoms with Crippen LogP contribution in [0.3, 0.4) is 0 Å². The molecular formula is C13H6Cl2INO. The lowest BCUT2D eigenvalue weighted by Gasteiger charge is -2.01. The Hall–Kier alpha value is -0.780. The van der Waals surface area contributed by atoms with Gasteiger partial charge in [-0.25, -0.2) is 0 Å². The van der Waals surface area contributed by atoms with E-state index in [-0.39, 0.29) is 0 Å². The van der Waals surface area contributed by atoms with Crippen molar-refractivity contribution in [3.8, 4) is 11.3 Å². The summed E-state index contributed by atoms with van der Waals surface area (Å²) in [6.45, 7) is 0. The molecule has 0 radical (unpaired) electrons. The molecule has 90 valence electrons. The van der Waals surface area contributed by atoms with E-state index in [4.69, 9.17) is 27.7 Å². The van der Waals surface area contributed by atoms with E-state index in [1.165, 1.54) is 0 Å². The summed E-state index contributed by atoms with van der Waals surface area (Å²) in [7, 11) is 0. The second kappa shape index (κ2) is 4.72. The van der Waals surface area contributed by atoms with Gasteiger partial charge in [0.2, 0.25) is 0 Å². The Morgan fingerprint density at radius 1 is 1.06 bits per heavy atom. The van der Waals surface area contributed by atoms with E-state index in [1.807, 2.05) is 24.3 Å². The third-order valence-electron chi connectivity index (χ3n) is 2.61. The molecule has 0 unspecified atom stereocenters. The van der Waals surface area contributed by atoms with Crippen LogP contribution in [0.25, 0.3) is 22.2 Å². The van der Waals surface area contributed by atoms with Crippen molar-refractivity contribution >= 4 is 56.7 Å². The van der Waals surface area contributed by atoms with Crippen molar-refractivity contribution in [3.63, 3.8) is 0 Å². The van der Waals surface area contributed by atoms with Crippen LogP contribution in [0.15, 0.2) is 40.9 Å². The summed E-state index contributed by atoms with van der Waals surface area (Å²) in [5.41, 5.74) is 1.61. The van der Waals surface area contributed by atoms with Crippen molar-refractivity contribution < 1.29 is 4.52 Å². The van der Waals surface area contributed by atoms with Crippen LogP contribution in [0.5, 0.6) is 0 Å². The smallest absolute Gasteiger partial charge is 0.176 e. The lowest BCUT2D eigenvalue weighted by atomic mass is 10.1. The monoisotopic (exact) mass is 389 g/mol. The Labute approximate surface area is 127 Å². The lowest BCUT2D eigenvalue weighted by molar-refractivity contribution is 0.441. The molecule has 0 N–H and O–H groups in total. The topological polar surface area (TPSA) is 26.0 Å². The minimum atomic E-state index is 0.555. The summed E-state index contributed by atoms with van der Waals surface area (Å²) >= 11 is 14.3. The zero-order chi connectivity index (χ0) is 12.7. The third kappa shape index (κ3) is 2.11. The van der Waals surface area contributed by atoms with Gasteiger partial charge in [-0.05, 0) is 59.0 Å². The fraction of sp³-hybridized carbons (Fsp3) is 0. The van der Waals surface area contributed by atoms with Crippen LogP contribution in [0.1, 0.15) is 0 Å². The average molecular weight is 390 g/mol. The lowest BCUT2D eigenvalue weighted by Crippen LogP contribution is -1.79. The van der Waals surface area contributed by atoms with Crippen LogP contribution in [0.2, 0.25) is 10.0 Å². The molecule has 0 aliphatic carbocycles. The molecule has 3 aromatic rings. The zero-order valence-electron chi connectivity index (χ0n) is 8.95. The summed E-state index contributed by atoms with van der Waals surface area (Å²) in [5, 5.41) is 6.13. The molecule has 1 aromatic heterocycles. The van der Waals surface area contributed by atoms with E-state index in [1.54, 1.807) is 12.1 Å². The average Bonchev–Trinajstić information content (AvgIpc) is 2.72. The van der Waals surface area contributed by atoms with Gasteiger partial charge in [0.1, 0.15) is 5.52 Å². The van der Waals surface area contributed by atoms with Gasteiger partial charge < -0.3 is 4.52 Å². The zero-order valence-corrected chi connectivity index (χ0v) is 12.6. The van der Waals surface area contributed by atoms with Crippen molar-refractivity contribution in [1.29, 1.82) is 0 Å². The van der Waals surface area contributed by atoms with Crippen LogP contribution in [-0.4, -0.2) is 5.16 Å². The molecule has 0 atom stereocenters. The molecule has 18 heavy (non-hydrogen) atoms. The second-order valence-electron chi connectivity index (χ2n) is 3.80. The number of nitrogens with zero attached hydrogens (tertiary/aromatic N) is 1. The van der Waals surface area contributed by atoms with Crippen LogP contribution >= 0.6 is 45.8 Å². The quantitative estimate of drug-likeness (QED) is 0.520. The molecule has 0 amide bonds. The number of hydrogen-bond donors (Lipinski definition) is 0. The maximum absolute atomic E-state index is 6.19. The molecule has 5 heteroatoms. The fourth-order valence-electron chi connectivity index (χ4n) is 1.78. The Morgan fingerprint density at radius 2 is 1.89 bits per heavy atom. The molecule has 2 aromatic carbocycles. The molecule has 0 spiro atoms. The van der Waals surface area contributed by atoms with Crippen molar-refractivity contribution in [1.82, 2.24) is 5.16 Å². The first-order valence-corrected chi connectivity index (χ1v) is 6.99. The SMILES string of the molecule is Clc1ccc(-c2onc3ccc(I)cc23)c(Cl)c1. The van der Waals surface area contributed by atoms with E-state index >= 15 is 0 Å². The van der Waals surface area contributed by atoms with Crippen molar-refractivity contribution in [3.05, 3.63) is 50.0 Å². The Morgan fingerprint density at radius 3 is 2.67 bits per heavy atom. The highest BCUT2D eigenvalue weighted by molar-refractivity contribution is 14.1. The first-order valence-electron chi connectivity index (χ1n) is 5.15. The molecule has 0 aliphatic heterocycles. The third-order valence-corrected chi connectivity index (χ3v) is 3.83. The molecule has 0 fully saturated rings. The van der Waals surface area contributed by atoms with E-state index < -0.39 is 0 Å². The number of halogens is 3. The van der Waals surface area contributed by atoms with Gasteiger partial charge in [-0.1, -0.05) is 28.4 Å². The summed E-state index contributed by atoms with van der Waals surface area (Å²) in [6, 6.07) is 11.2. The number of fused-ring (bicyclic) bond motifs is 1. The van der Waals surface area contributed by atoms with Gasteiger partial charge in [-0.2, -0.15) is 0 Å². The first-order chi connectivity index (χ1) is 8.65. The van der Waals surface area contributed by atoms with Gasteiger partial charge in [0, 0.05) is 14.2 Å². The van der Waals surface area contributed by atoms with Gasteiger partial charge in [0.05, 0.1) is 10.4 Å². The normalized spacial score (nSPS) is 11.1. The minimum absolute atomic E-state index is 0.555.